The summed E-state index contributed by atoms with van der Waals surface area (Å²) in [5, 5.41) is 0.337. The largest absolute Gasteiger partial charge is 0.457 e. The SMILES string of the molecule is Nc1cc(C(=O)OCc2cc(Cl)ccc2F)ccc1F. The van der Waals surface area contributed by atoms with Crippen molar-refractivity contribution >= 4 is 23.3 Å². The van der Waals surface area contributed by atoms with Gasteiger partial charge in [0, 0.05) is 10.6 Å². The van der Waals surface area contributed by atoms with Crippen LogP contribution in [0.2, 0.25) is 5.02 Å². The summed E-state index contributed by atoms with van der Waals surface area (Å²) >= 11 is 5.72. The smallest absolute Gasteiger partial charge is 0.338 e. The van der Waals surface area contributed by atoms with E-state index < -0.39 is 17.6 Å². The van der Waals surface area contributed by atoms with Gasteiger partial charge in [-0.15, -0.1) is 0 Å². The minimum absolute atomic E-state index is 0.0892. The number of carbonyl (C=O) groups excluding carboxylic acids is 1. The number of hydrogen-bond donors (Lipinski definition) is 1. The molecule has 0 radical (unpaired) electrons. The number of rotatable bonds is 3. The van der Waals surface area contributed by atoms with E-state index >= 15 is 0 Å². The molecule has 2 aromatic carbocycles. The van der Waals surface area contributed by atoms with E-state index in [0.29, 0.717) is 5.02 Å². The van der Waals surface area contributed by atoms with Crippen LogP contribution in [-0.4, -0.2) is 5.97 Å². The average molecular weight is 298 g/mol. The number of nitrogens with two attached hydrogens (primary N) is 1. The molecule has 0 aliphatic rings. The zero-order valence-electron chi connectivity index (χ0n) is 10.2. The quantitative estimate of drug-likeness (QED) is 0.696. The summed E-state index contributed by atoms with van der Waals surface area (Å²) in [4.78, 5) is 11.7. The van der Waals surface area contributed by atoms with Crippen LogP contribution in [0.1, 0.15) is 15.9 Å². The van der Waals surface area contributed by atoms with E-state index in [9.17, 15) is 13.6 Å². The second kappa shape index (κ2) is 5.88. The van der Waals surface area contributed by atoms with Gasteiger partial charge in [0.05, 0.1) is 11.3 Å². The molecular weight excluding hydrogens is 288 g/mol. The molecule has 2 rings (SSSR count). The summed E-state index contributed by atoms with van der Waals surface area (Å²) in [6.45, 7) is -0.275. The predicted molar refractivity (Wildman–Crippen MR) is 71.3 cm³/mol. The van der Waals surface area contributed by atoms with Crippen molar-refractivity contribution in [2.45, 2.75) is 6.61 Å². The van der Waals surface area contributed by atoms with Crippen molar-refractivity contribution in [3.8, 4) is 0 Å². The molecule has 0 heterocycles. The van der Waals surface area contributed by atoms with Gasteiger partial charge in [0.25, 0.3) is 0 Å². The second-order valence-corrected chi connectivity index (χ2v) is 4.48. The Balaban J connectivity index is 2.08. The van der Waals surface area contributed by atoms with Crippen LogP contribution in [0.3, 0.4) is 0 Å². The van der Waals surface area contributed by atoms with Crippen LogP contribution in [-0.2, 0) is 11.3 Å². The van der Waals surface area contributed by atoms with E-state index in [1.165, 1.54) is 24.3 Å². The van der Waals surface area contributed by atoms with Crippen LogP contribution in [0.15, 0.2) is 36.4 Å². The van der Waals surface area contributed by atoms with Gasteiger partial charge in [-0.05, 0) is 36.4 Å². The fourth-order valence-corrected chi connectivity index (χ4v) is 1.75. The van der Waals surface area contributed by atoms with Gasteiger partial charge in [-0.1, -0.05) is 11.6 Å². The fourth-order valence-electron chi connectivity index (χ4n) is 1.55. The maximum Gasteiger partial charge on any atom is 0.338 e. The molecule has 0 atom stereocenters. The molecule has 0 aliphatic carbocycles. The van der Waals surface area contributed by atoms with Gasteiger partial charge in [0.15, 0.2) is 0 Å². The predicted octanol–water partition coefficient (Wildman–Crippen LogP) is 3.56. The van der Waals surface area contributed by atoms with E-state index in [4.69, 9.17) is 22.1 Å². The summed E-state index contributed by atoms with van der Waals surface area (Å²) in [6, 6.07) is 7.40. The maximum absolute atomic E-state index is 13.4. The van der Waals surface area contributed by atoms with Gasteiger partial charge in [-0.2, -0.15) is 0 Å². The Morgan fingerprint density at radius 1 is 1.15 bits per heavy atom. The minimum atomic E-state index is -0.726. The van der Waals surface area contributed by atoms with Crippen LogP contribution in [0.4, 0.5) is 14.5 Å². The van der Waals surface area contributed by atoms with E-state index in [1.807, 2.05) is 0 Å². The first-order valence-corrected chi connectivity index (χ1v) is 6.01. The van der Waals surface area contributed by atoms with Crippen molar-refractivity contribution in [3.05, 3.63) is 64.2 Å². The molecule has 2 N–H and O–H groups in total. The van der Waals surface area contributed by atoms with Crippen molar-refractivity contribution < 1.29 is 18.3 Å². The highest BCUT2D eigenvalue weighted by atomic mass is 35.5. The second-order valence-electron chi connectivity index (χ2n) is 4.05. The van der Waals surface area contributed by atoms with Crippen LogP contribution in [0, 0.1) is 11.6 Å². The highest BCUT2D eigenvalue weighted by molar-refractivity contribution is 6.30. The number of esters is 1. The van der Waals surface area contributed by atoms with Crippen LogP contribution in [0.25, 0.3) is 0 Å². The summed E-state index contributed by atoms with van der Waals surface area (Å²) in [5.41, 5.74) is 5.43. The van der Waals surface area contributed by atoms with E-state index in [2.05, 4.69) is 0 Å². The lowest BCUT2D eigenvalue weighted by molar-refractivity contribution is 0.0469. The van der Waals surface area contributed by atoms with E-state index in [-0.39, 0.29) is 23.4 Å². The molecule has 20 heavy (non-hydrogen) atoms. The summed E-state index contributed by atoms with van der Waals surface area (Å²) in [6.07, 6.45) is 0. The van der Waals surface area contributed by atoms with Crippen LogP contribution in [0.5, 0.6) is 0 Å². The molecule has 0 bridgehead atoms. The number of benzene rings is 2. The van der Waals surface area contributed by atoms with Crippen molar-refractivity contribution in [2.24, 2.45) is 0 Å². The Morgan fingerprint density at radius 3 is 2.55 bits per heavy atom. The molecule has 0 aliphatic heterocycles. The van der Waals surface area contributed by atoms with Crippen molar-refractivity contribution in [3.63, 3.8) is 0 Å². The molecule has 0 spiro atoms. The molecule has 0 fully saturated rings. The summed E-state index contributed by atoms with van der Waals surface area (Å²) in [7, 11) is 0. The Hall–Kier alpha value is -2.14. The van der Waals surface area contributed by atoms with Gasteiger partial charge < -0.3 is 10.5 Å². The Morgan fingerprint density at radius 2 is 1.85 bits per heavy atom. The van der Waals surface area contributed by atoms with Gasteiger partial charge in [-0.25, -0.2) is 13.6 Å². The zero-order valence-corrected chi connectivity index (χ0v) is 11.0. The lowest BCUT2D eigenvalue weighted by Gasteiger charge is -2.07. The number of hydrogen-bond acceptors (Lipinski definition) is 3. The van der Waals surface area contributed by atoms with Gasteiger partial charge in [0.2, 0.25) is 0 Å². The molecule has 3 nitrogen and oxygen atoms in total. The summed E-state index contributed by atoms with van der Waals surface area (Å²) in [5.74, 6) is -1.88. The Labute approximate surface area is 118 Å². The lowest BCUT2D eigenvalue weighted by atomic mass is 10.2. The third kappa shape index (κ3) is 3.24. The number of halogens is 3. The third-order valence-electron chi connectivity index (χ3n) is 2.60. The molecule has 0 saturated heterocycles. The maximum atomic E-state index is 13.4. The first-order valence-electron chi connectivity index (χ1n) is 5.63. The van der Waals surface area contributed by atoms with Gasteiger partial charge in [0.1, 0.15) is 18.2 Å². The number of nitrogen functional groups attached to an aromatic ring is 1. The van der Waals surface area contributed by atoms with Crippen LogP contribution >= 0.6 is 11.6 Å². The molecule has 104 valence electrons. The minimum Gasteiger partial charge on any atom is -0.457 e. The van der Waals surface area contributed by atoms with Gasteiger partial charge >= 0.3 is 5.97 Å². The molecule has 0 unspecified atom stereocenters. The summed E-state index contributed by atoms with van der Waals surface area (Å²) < 4.78 is 31.3. The normalized spacial score (nSPS) is 10.3. The molecule has 0 amide bonds. The lowest BCUT2D eigenvalue weighted by Crippen LogP contribution is -2.07. The Bertz CT molecular complexity index is 662. The van der Waals surface area contributed by atoms with E-state index in [1.54, 1.807) is 0 Å². The fraction of sp³-hybridized carbons (Fsp3) is 0.0714. The standard InChI is InChI=1S/C14H10ClF2NO2/c15-10-2-4-11(16)9(5-10)7-20-14(19)8-1-3-12(17)13(18)6-8/h1-6H,7,18H2. The number of anilines is 1. The average Bonchev–Trinajstić information content (AvgIpc) is 2.42. The number of ether oxygens (including phenoxy) is 1. The van der Waals surface area contributed by atoms with Crippen molar-refractivity contribution in [2.75, 3.05) is 5.73 Å². The topological polar surface area (TPSA) is 52.3 Å². The highest BCUT2D eigenvalue weighted by Gasteiger charge is 2.11. The zero-order chi connectivity index (χ0) is 14.7. The monoisotopic (exact) mass is 297 g/mol. The first-order chi connectivity index (χ1) is 9.47. The van der Waals surface area contributed by atoms with E-state index in [0.717, 1.165) is 12.1 Å². The highest BCUT2D eigenvalue weighted by Crippen LogP contribution is 2.17. The molecular formula is C14H10ClF2NO2. The molecule has 6 heteroatoms. The van der Waals surface area contributed by atoms with Crippen LogP contribution < -0.4 is 5.73 Å². The molecule has 0 saturated carbocycles. The van der Waals surface area contributed by atoms with Gasteiger partial charge in [-0.3, -0.25) is 0 Å². The Kier molecular flexibility index (Phi) is 4.20. The first kappa shape index (κ1) is 14.3. The number of carbonyl (C=O) groups is 1. The van der Waals surface area contributed by atoms with Crippen molar-refractivity contribution in [1.29, 1.82) is 0 Å². The molecule has 0 aromatic heterocycles. The van der Waals surface area contributed by atoms with Crippen molar-refractivity contribution in [1.82, 2.24) is 0 Å². The third-order valence-corrected chi connectivity index (χ3v) is 2.83. The molecule has 2 aromatic rings.